The van der Waals surface area contributed by atoms with Gasteiger partial charge in [0.05, 0.1) is 23.9 Å². The number of anilines is 2. The van der Waals surface area contributed by atoms with E-state index in [1.165, 1.54) is 0 Å². The molecule has 0 bridgehead atoms. The fraction of sp³-hybridized carbons (Fsp3) is 0.235. The average Bonchev–Trinajstić information content (AvgIpc) is 3.52. The van der Waals surface area contributed by atoms with Crippen molar-refractivity contribution < 1.29 is 55.3 Å². The van der Waals surface area contributed by atoms with Gasteiger partial charge >= 0.3 is 24.3 Å². The number of aliphatic carboxylic acids is 2. The molecule has 0 aliphatic rings. The summed E-state index contributed by atoms with van der Waals surface area (Å²) in [4.78, 5) is 30.7. The number of pyridine rings is 1. The zero-order chi connectivity index (χ0) is 38.3. The fourth-order valence-corrected chi connectivity index (χ4v) is 4.76. The lowest BCUT2D eigenvalue weighted by Gasteiger charge is -2.20. The van der Waals surface area contributed by atoms with Gasteiger partial charge in [-0.15, -0.1) is 0 Å². The summed E-state index contributed by atoms with van der Waals surface area (Å²) in [6, 6.07) is 19.0. The van der Waals surface area contributed by atoms with Crippen LogP contribution in [0.5, 0.6) is 5.75 Å². The number of nitrogens with zero attached hydrogens (tertiary/aromatic N) is 2. The van der Waals surface area contributed by atoms with Crippen molar-refractivity contribution >= 4 is 34.2 Å². The second-order valence-corrected chi connectivity index (χ2v) is 10.7. The number of carboxylic acids is 2. The normalized spacial score (nSPS) is 11.9. The van der Waals surface area contributed by atoms with E-state index in [4.69, 9.17) is 46.0 Å². The summed E-state index contributed by atoms with van der Waals surface area (Å²) in [7, 11) is 0. The highest BCUT2D eigenvalue weighted by atomic mass is 19.4. The van der Waals surface area contributed by atoms with Crippen LogP contribution >= 0.6 is 0 Å². The molecule has 2 heterocycles. The molecule has 272 valence electrons. The Morgan fingerprint density at radius 3 is 2.06 bits per heavy atom. The van der Waals surface area contributed by atoms with Crippen LogP contribution in [0.4, 0.5) is 42.2 Å². The average molecular weight is 724 g/mol. The number of aromatic nitrogens is 3. The van der Waals surface area contributed by atoms with Crippen molar-refractivity contribution in [3.8, 4) is 17.0 Å². The standard InChI is InChI=1S/C30H30FN5O.2C2HF3O2/c1-4-18-12-23(28(31)26(13-18)37-5-2)27(24-15-19-14-20(32)10-11-22(19)29(33)35-24)30-34-16-25(36-30)21-9-7-6-8-17(21)3;2*3-2(4,5)1(6)7/h6-16,27H,4-5,32H2,1-3H3,(H2,33,35)(H,34,36);2*(H,6,7). The largest absolute Gasteiger partial charge is 0.491 e. The van der Waals surface area contributed by atoms with Crippen molar-refractivity contribution in [2.24, 2.45) is 0 Å². The van der Waals surface area contributed by atoms with Crippen molar-refractivity contribution in [1.29, 1.82) is 0 Å². The molecule has 0 fully saturated rings. The van der Waals surface area contributed by atoms with Crippen LogP contribution in [-0.4, -0.2) is 56.1 Å². The van der Waals surface area contributed by atoms with Gasteiger partial charge < -0.3 is 31.4 Å². The molecule has 0 saturated carbocycles. The van der Waals surface area contributed by atoms with Crippen LogP contribution in [0, 0.1) is 12.7 Å². The molecular weight excluding hydrogens is 691 g/mol. The predicted molar refractivity (Wildman–Crippen MR) is 175 cm³/mol. The van der Waals surface area contributed by atoms with Crippen LogP contribution in [-0.2, 0) is 16.0 Å². The van der Waals surface area contributed by atoms with Crippen molar-refractivity contribution in [1.82, 2.24) is 15.0 Å². The number of carbonyl (C=O) groups is 2. The highest BCUT2D eigenvalue weighted by molar-refractivity contribution is 5.93. The van der Waals surface area contributed by atoms with Gasteiger partial charge in [-0.25, -0.2) is 23.9 Å². The highest BCUT2D eigenvalue weighted by Crippen LogP contribution is 2.38. The van der Waals surface area contributed by atoms with Crippen molar-refractivity contribution in [2.45, 2.75) is 45.5 Å². The van der Waals surface area contributed by atoms with Gasteiger partial charge in [0.2, 0.25) is 0 Å². The third kappa shape index (κ3) is 10.1. The van der Waals surface area contributed by atoms with E-state index in [1.54, 1.807) is 12.1 Å². The molecule has 1 atom stereocenters. The molecule has 1 unspecified atom stereocenters. The summed E-state index contributed by atoms with van der Waals surface area (Å²) in [6.07, 6.45) is -7.60. The van der Waals surface area contributed by atoms with E-state index in [2.05, 4.69) is 4.98 Å². The van der Waals surface area contributed by atoms with Crippen molar-refractivity contribution in [3.63, 3.8) is 0 Å². The number of hydrogen-bond acceptors (Lipinski definition) is 7. The molecule has 0 amide bonds. The van der Waals surface area contributed by atoms with E-state index < -0.39 is 36.0 Å². The van der Waals surface area contributed by atoms with Crippen LogP contribution in [0.3, 0.4) is 0 Å². The number of hydrogen-bond donors (Lipinski definition) is 5. The summed E-state index contributed by atoms with van der Waals surface area (Å²) in [5, 5.41) is 15.9. The molecule has 0 saturated heterocycles. The Balaban J connectivity index is 0.000000424. The fourth-order valence-electron chi connectivity index (χ4n) is 4.76. The number of nitrogens with two attached hydrogens (primary N) is 2. The molecule has 5 aromatic rings. The number of aryl methyl sites for hydroxylation is 2. The first-order valence-corrected chi connectivity index (χ1v) is 14.9. The van der Waals surface area contributed by atoms with Crippen LogP contribution in [0.1, 0.15) is 48.0 Å². The van der Waals surface area contributed by atoms with Gasteiger partial charge in [0.1, 0.15) is 11.6 Å². The maximum absolute atomic E-state index is 16.0. The lowest BCUT2D eigenvalue weighted by molar-refractivity contribution is -0.193. The Morgan fingerprint density at radius 2 is 1.51 bits per heavy atom. The SMILES string of the molecule is CCOc1cc(CC)cc(C(c2cc3cc(N)ccc3c(N)n2)c2nc(-c3ccccc3C)c[nH]2)c1F.O=C(O)C(F)(F)F.O=C(O)C(F)(F)F. The minimum absolute atomic E-state index is 0.213. The Kier molecular flexibility index (Phi) is 12.6. The summed E-state index contributed by atoms with van der Waals surface area (Å²) in [6.45, 7) is 6.26. The number of carboxylic acid groups (broad SMARTS) is 2. The number of benzene rings is 3. The monoisotopic (exact) mass is 723 g/mol. The number of alkyl halides is 6. The number of nitrogens with one attached hydrogen (secondary N) is 1. The van der Waals surface area contributed by atoms with Crippen LogP contribution in [0.25, 0.3) is 22.0 Å². The van der Waals surface area contributed by atoms with Gasteiger partial charge in [0, 0.05) is 28.4 Å². The maximum Gasteiger partial charge on any atom is 0.490 e. The molecule has 0 spiro atoms. The lowest BCUT2D eigenvalue weighted by Crippen LogP contribution is -2.21. The Labute approximate surface area is 285 Å². The van der Waals surface area contributed by atoms with Crippen LogP contribution in [0.2, 0.25) is 0 Å². The Morgan fingerprint density at radius 1 is 0.902 bits per heavy atom. The third-order valence-electron chi connectivity index (χ3n) is 7.12. The molecule has 5 rings (SSSR count). The number of rotatable bonds is 7. The summed E-state index contributed by atoms with van der Waals surface area (Å²) in [5.74, 6) is -5.49. The summed E-state index contributed by atoms with van der Waals surface area (Å²) >= 11 is 0. The van der Waals surface area contributed by atoms with E-state index >= 15 is 4.39 Å². The Hall–Kier alpha value is -5.87. The van der Waals surface area contributed by atoms with E-state index in [1.807, 2.05) is 75.5 Å². The number of aromatic amines is 1. The molecule has 3 aromatic carbocycles. The zero-order valence-corrected chi connectivity index (χ0v) is 27.2. The quantitative estimate of drug-likeness (QED) is 0.0834. The first-order valence-electron chi connectivity index (χ1n) is 14.9. The highest BCUT2D eigenvalue weighted by Gasteiger charge is 2.39. The van der Waals surface area contributed by atoms with E-state index in [9.17, 15) is 26.3 Å². The second kappa shape index (κ2) is 16.2. The van der Waals surface area contributed by atoms with Crippen molar-refractivity contribution in [2.75, 3.05) is 18.1 Å². The van der Waals surface area contributed by atoms with Gasteiger partial charge in [0.15, 0.2) is 11.6 Å². The van der Waals surface area contributed by atoms with Gasteiger partial charge in [0.25, 0.3) is 0 Å². The molecule has 0 aliphatic carbocycles. The topological polar surface area (TPSA) is 177 Å². The number of nitrogen functional groups attached to an aromatic ring is 2. The number of fused-ring (bicyclic) bond motifs is 1. The molecular formula is C34H32F7N5O5. The minimum Gasteiger partial charge on any atom is -0.491 e. The molecule has 0 radical (unpaired) electrons. The molecule has 7 N–H and O–H groups in total. The minimum atomic E-state index is -5.08. The van der Waals surface area contributed by atoms with E-state index in [0.717, 1.165) is 39.6 Å². The molecule has 0 aliphatic heterocycles. The maximum atomic E-state index is 16.0. The number of ether oxygens (including phenoxy) is 1. The first-order chi connectivity index (χ1) is 23.8. The van der Waals surface area contributed by atoms with Gasteiger partial charge in [-0.05, 0) is 67.1 Å². The summed E-state index contributed by atoms with van der Waals surface area (Å²) < 4.78 is 85.2. The zero-order valence-electron chi connectivity index (χ0n) is 27.2. The number of H-pyrrole nitrogens is 1. The van der Waals surface area contributed by atoms with Gasteiger partial charge in [-0.1, -0.05) is 37.3 Å². The molecule has 2 aromatic heterocycles. The predicted octanol–water partition coefficient (Wildman–Crippen LogP) is 7.64. The summed E-state index contributed by atoms with van der Waals surface area (Å²) in [5.41, 5.74) is 17.9. The number of halogens is 7. The molecule has 51 heavy (non-hydrogen) atoms. The van der Waals surface area contributed by atoms with Crippen LogP contribution in [0.15, 0.2) is 66.9 Å². The van der Waals surface area contributed by atoms with E-state index in [0.29, 0.717) is 35.2 Å². The third-order valence-corrected chi connectivity index (χ3v) is 7.12. The van der Waals surface area contributed by atoms with Gasteiger partial charge in [-0.3, -0.25) is 0 Å². The number of imidazole rings is 1. The van der Waals surface area contributed by atoms with Crippen LogP contribution < -0.4 is 16.2 Å². The molecule has 10 nitrogen and oxygen atoms in total. The van der Waals surface area contributed by atoms with E-state index in [-0.39, 0.29) is 5.75 Å². The first kappa shape index (κ1) is 39.6. The lowest BCUT2D eigenvalue weighted by atomic mass is 9.90. The molecule has 17 heteroatoms. The smallest absolute Gasteiger partial charge is 0.490 e. The second-order valence-electron chi connectivity index (χ2n) is 10.7. The van der Waals surface area contributed by atoms with Crippen molar-refractivity contribution in [3.05, 3.63) is 101 Å². The van der Waals surface area contributed by atoms with Gasteiger partial charge in [-0.2, -0.15) is 26.3 Å². The Bertz CT molecular complexity index is 1990.